The van der Waals surface area contributed by atoms with Crippen LogP contribution in [0.2, 0.25) is 5.02 Å². The number of nitrogens with one attached hydrogen (secondary N) is 1. The molecule has 0 aliphatic heterocycles. The second-order valence-corrected chi connectivity index (χ2v) is 9.37. The number of benzene rings is 1. The Morgan fingerprint density at radius 2 is 1.95 bits per heavy atom. The highest BCUT2D eigenvalue weighted by molar-refractivity contribution is 9.11. The first-order chi connectivity index (χ1) is 9.70. The molecule has 0 fully saturated rings. The minimum absolute atomic E-state index is 0.176. The molecule has 8 heteroatoms. The van der Waals surface area contributed by atoms with Gasteiger partial charge in [-0.25, -0.2) is 8.42 Å². The Hall–Kier alpha value is -0.760. The maximum atomic E-state index is 12.3. The Morgan fingerprint density at radius 1 is 1.29 bits per heavy atom. The van der Waals surface area contributed by atoms with E-state index in [0.717, 1.165) is 22.6 Å². The third-order valence-corrected chi connectivity index (χ3v) is 7.17. The second kappa shape index (κ2) is 6.16. The van der Waals surface area contributed by atoms with E-state index in [1.54, 1.807) is 6.07 Å². The van der Waals surface area contributed by atoms with E-state index in [1.807, 2.05) is 38.1 Å². The third-order valence-electron chi connectivity index (χ3n) is 2.86. The number of anilines is 2. The Balaban J connectivity index is 2.33. The number of aryl methyl sites for hydroxylation is 1. The van der Waals surface area contributed by atoms with Crippen molar-refractivity contribution < 1.29 is 8.42 Å². The first-order valence-corrected chi connectivity index (χ1v) is 9.43. The minimum atomic E-state index is -3.63. The number of hydrogen-bond donors (Lipinski definition) is 1. The van der Waals surface area contributed by atoms with Gasteiger partial charge in [0.2, 0.25) is 0 Å². The van der Waals surface area contributed by atoms with Crippen LogP contribution in [0.25, 0.3) is 0 Å². The van der Waals surface area contributed by atoms with Crippen molar-refractivity contribution in [1.82, 2.24) is 0 Å². The van der Waals surface area contributed by atoms with Crippen LogP contribution in [-0.2, 0) is 10.0 Å². The van der Waals surface area contributed by atoms with E-state index in [2.05, 4.69) is 20.7 Å². The van der Waals surface area contributed by atoms with Gasteiger partial charge < -0.3 is 4.90 Å². The summed E-state index contributed by atoms with van der Waals surface area (Å²) >= 11 is 10.2. The molecule has 0 aliphatic rings. The Bertz CT molecular complexity index is 753. The molecule has 0 saturated heterocycles. The summed E-state index contributed by atoms with van der Waals surface area (Å²) in [6.45, 7) is 1.86. The molecule has 2 rings (SSSR count). The molecule has 0 bridgehead atoms. The highest BCUT2D eigenvalue weighted by Crippen LogP contribution is 2.35. The molecule has 1 aromatic carbocycles. The normalized spacial score (nSPS) is 11.5. The topological polar surface area (TPSA) is 49.4 Å². The zero-order valence-corrected chi connectivity index (χ0v) is 15.6. The van der Waals surface area contributed by atoms with Crippen LogP contribution in [0.3, 0.4) is 0 Å². The Kier molecular flexibility index (Phi) is 4.87. The van der Waals surface area contributed by atoms with Gasteiger partial charge in [-0.1, -0.05) is 11.6 Å². The number of halogens is 2. The predicted molar refractivity (Wildman–Crippen MR) is 93.3 cm³/mol. The van der Waals surface area contributed by atoms with Crippen molar-refractivity contribution in [3.8, 4) is 0 Å². The molecule has 0 spiro atoms. The summed E-state index contributed by atoms with van der Waals surface area (Å²) in [5.41, 5.74) is 2.42. The summed E-state index contributed by atoms with van der Waals surface area (Å²) in [6.07, 6.45) is 0. The van der Waals surface area contributed by atoms with Crippen LogP contribution in [0.15, 0.2) is 32.3 Å². The highest BCUT2D eigenvalue weighted by atomic mass is 79.9. The monoisotopic (exact) mass is 408 g/mol. The third kappa shape index (κ3) is 3.71. The quantitative estimate of drug-likeness (QED) is 0.817. The van der Waals surface area contributed by atoms with Gasteiger partial charge in [0.25, 0.3) is 10.0 Å². The number of nitrogens with zero attached hydrogens (tertiary/aromatic N) is 1. The fourth-order valence-corrected chi connectivity index (χ4v) is 5.22. The van der Waals surface area contributed by atoms with Crippen molar-refractivity contribution in [2.45, 2.75) is 11.1 Å². The average molecular weight is 410 g/mol. The molecule has 2 aromatic rings. The van der Waals surface area contributed by atoms with Crippen molar-refractivity contribution in [3.63, 3.8) is 0 Å². The van der Waals surface area contributed by atoms with Crippen LogP contribution in [0, 0.1) is 6.92 Å². The number of rotatable bonds is 4. The molecule has 4 nitrogen and oxygen atoms in total. The number of hydrogen-bond acceptors (Lipinski definition) is 4. The SMILES string of the molecule is Cc1cc(N(C)C)ccc1NS(=O)(=O)c1cc(Cl)c(Br)s1. The summed E-state index contributed by atoms with van der Waals surface area (Å²) in [5.74, 6) is 0. The van der Waals surface area contributed by atoms with Gasteiger partial charge in [-0.3, -0.25) is 4.72 Å². The second-order valence-electron chi connectivity index (χ2n) is 4.69. The van der Waals surface area contributed by atoms with Crippen LogP contribution in [-0.4, -0.2) is 22.5 Å². The summed E-state index contributed by atoms with van der Waals surface area (Å²) in [5, 5.41) is 0.389. The average Bonchev–Trinajstić information content (AvgIpc) is 2.72. The molecular weight excluding hydrogens is 396 g/mol. The number of sulfonamides is 1. The Morgan fingerprint density at radius 3 is 2.43 bits per heavy atom. The van der Waals surface area contributed by atoms with E-state index < -0.39 is 10.0 Å². The lowest BCUT2D eigenvalue weighted by atomic mass is 10.2. The van der Waals surface area contributed by atoms with E-state index >= 15 is 0 Å². The zero-order valence-electron chi connectivity index (χ0n) is 11.6. The van der Waals surface area contributed by atoms with Crippen LogP contribution in [0.4, 0.5) is 11.4 Å². The summed E-state index contributed by atoms with van der Waals surface area (Å²) in [6, 6.07) is 6.98. The van der Waals surface area contributed by atoms with Gasteiger partial charge in [-0.05, 0) is 52.7 Å². The largest absolute Gasteiger partial charge is 0.378 e. The van der Waals surface area contributed by atoms with E-state index in [-0.39, 0.29) is 4.21 Å². The first-order valence-electron chi connectivity index (χ1n) is 5.96. The van der Waals surface area contributed by atoms with Gasteiger partial charge in [0.1, 0.15) is 4.21 Å². The summed E-state index contributed by atoms with van der Waals surface area (Å²) in [4.78, 5) is 1.96. The lowest BCUT2D eigenvalue weighted by Gasteiger charge is -2.15. The predicted octanol–water partition coefficient (Wildman–Crippen LogP) is 4.34. The van der Waals surface area contributed by atoms with Crippen LogP contribution >= 0.6 is 38.9 Å². The van der Waals surface area contributed by atoms with Crippen LogP contribution in [0.5, 0.6) is 0 Å². The summed E-state index contributed by atoms with van der Waals surface area (Å²) < 4.78 is 28.1. The Labute approximate surface area is 141 Å². The van der Waals surface area contributed by atoms with Gasteiger partial charge in [0, 0.05) is 19.8 Å². The van der Waals surface area contributed by atoms with E-state index in [1.165, 1.54) is 6.07 Å². The van der Waals surface area contributed by atoms with Crippen molar-refractivity contribution in [3.05, 3.63) is 38.6 Å². The van der Waals surface area contributed by atoms with E-state index in [0.29, 0.717) is 14.5 Å². The maximum absolute atomic E-state index is 12.3. The van der Waals surface area contributed by atoms with Crippen molar-refractivity contribution >= 4 is 60.3 Å². The lowest BCUT2D eigenvalue weighted by molar-refractivity contribution is 0.603. The zero-order chi connectivity index (χ0) is 15.8. The van der Waals surface area contributed by atoms with Crippen LogP contribution < -0.4 is 9.62 Å². The molecule has 1 heterocycles. The molecule has 0 saturated carbocycles. The molecule has 0 unspecified atom stereocenters. The van der Waals surface area contributed by atoms with Gasteiger partial charge in [0.15, 0.2) is 0 Å². The number of thiophene rings is 1. The van der Waals surface area contributed by atoms with Crippen molar-refractivity contribution in [2.75, 3.05) is 23.7 Å². The minimum Gasteiger partial charge on any atom is -0.378 e. The van der Waals surface area contributed by atoms with Crippen molar-refractivity contribution in [1.29, 1.82) is 0 Å². The molecule has 0 amide bonds. The van der Waals surface area contributed by atoms with E-state index in [9.17, 15) is 8.42 Å². The fraction of sp³-hybridized carbons (Fsp3) is 0.231. The molecule has 0 atom stereocenters. The molecule has 21 heavy (non-hydrogen) atoms. The maximum Gasteiger partial charge on any atom is 0.271 e. The molecule has 1 aromatic heterocycles. The standard InChI is InChI=1S/C13H14BrClN2O2S2/c1-8-6-9(17(2)3)4-5-11(8)16-21(18,19)12-7-10(15)13(14)20-12/h4-7,16H,1-3H3. The summed E-state index contributed by atoms with van der Waals surface area (Å²) in [7, 11) is 0.239. The van der Waals surface area contributed by atoms with Crippen molar-refractivity contribution in [2.24, 2.45) is 0 Å². The molecule has 114 valence electrons. The smallest absolute Gasteiger partial charge is 0.271 e. The van der Waals surface area contributed by atoms with E-state index in [4.69, 9.17) is 11.6 Å². The lowest BCUT2D eigenvalue weighted by Crippen LogP contribution is -2.13. The fourth-order valence-electron chi connectivity index (χ4n) is 1.69. The van der Waals surface area contributed by atoms with Crippen LogP contribution in [0.1, 0.15) is 5.56 Å². The molecule has 0 radical (unpaired) electrons. The van der Waals surface area contributed by atoms with Gasteiger partial charge >= 0.3 is 0 Å². The van der Waals surface area contributed by atoms with Gasteiger partial charge in [-0.15, -0.1) is 11.3 Å². The highest BCUT2D eigenvalue weighted by Gasteiger charge is 2.20. The molecular formula is C13H14BrClN2O2S2. The molecule has 1 N–H and O–H groups in total. The van der Waals surface area contributed by atoms with Gasteiger partial charge in [0.05, 0.1) is 14.5 Å². The first kappa shape index (κ1) is 16.6. The molecule has 0 aliphatic carbocycles. The van der Waals surface area contributed by atoms with Gasteiger partial charge in [-0.2, -0.15) is 0 Å².